The average molecular weight is 336 g/mol. The van der Waals surface area contributed by atoms with Crippen LogP contribution in [0.25, 0.3) is 11.3 Å². The van der Waals surface area contributed by atoms with Crippen LogP contribution in [0.3, 0.4) is 0 Å². The van der Waals surface area contributed by atoms with Crippen LogP contribution in [0.1, 0.15) is 37.7 Å². The van der Waals surface area contributed by atoms with Crippen LogP contribution >= 0.6 is 15.9 Å². The van der Waals surface area contributed by atoms with Gasteiger partial charge in [0.1, 0.15) is 5.69 Å². The van der Waals surface area contributed by atoms with E-state index in [9.17, 15) is 4.79 Å². The molecular formula is C15H18BrN3O. The number of carbonyl (C=O) groups excluding carboxylic acids is 1. The molecule has 0 spiro atoms. The van der Waals surface area contributed by atoms with Crippen molar-refractivity contribution in [3.8, 4) is 11.3 Å². The smallest absolute Gasteiger partial charge is 0.269 e. The highest BCUT2D eigenvalue weighted by Crippen LogP contribution is 2.20. The van der Waals surface area contributed by atoms with E-state index < -0.39 is 0 Å². The highest BCUT2D eigenvalue weighted by atomic mass is 79.9. The van der Waals surface area contributed by atoms with E-state index in [1.807, 2.05) is 45.0 Å². The van der Waals surface area contributed by atoms with Gasteiger partial charge in [-0.2, -0.15) is 5.10 Å². The van der Waals surface area contributed by atoms with E-state index in [1.54, 1.807) is 6.07 Å². The summed E-state index contributed by atoms with van der Waals surface area (Å²) in [6.45, 7) is 6.04. The van der Waals surface area contributed by atoms with Crippen LogP contribution in [-0.4, -0.2) is 21.6 Å². The van der Waals surface area contributed by atoms with Crippen molar-refractivity contribution in [1.29, 1.82) is 0 Å². The van der Waals surface area contributed by atoms with Crippen molar-refractivity contribution in [2.75, 3.05) is 0 Å². The molecule has 1 aromatic heterocycles. The van der Waals surface area contributed by atoms with Gasteiger partial charge in [-0.15, -0.1) is 0 Å². The zero-order chi connectivity index (χ0) is 14.8. The summed E-state index contributed by atoms with van der Waals surface area (Å²) in [5.74, 6) is -0.132. The summed E-state index contributed by atoms with van der Waals surface area (Å²) in [6.07, 6.45) is 0.868. The van der Waals surface area contributed by atoms with Gasteiger partial charge in [0.2, 0.25) is 0 Å². The molecule has 0 radical (unpaired) electrons. The average Bonchev–Trinajstić information content (AvgIpc) is 2.89. The Labute approximate surface area is 127 Å². The fourth-order valence-corrected chi connectivity index (χ4v) is 1.93. The van der Waals surface area contributed by atoms with E-state index >= 15 is 0 Å². The molecule has 2 N–H and O–H groups in total. The Bertz CT molecular complexity index is 602. The molecule has 4 nitrogen and oxygen atoms in total. The normalized spacial score (nSPS) is 11.4. The van der Waals surface area contributed by atoms with Crippen molar-refractivity contribution in [3.63, 3.8) is 0 Å². The van der Waals surface area contributed by atoms with Gasteiger partial charge in [0.25, 0.3) is 5.91 Å². The Morgan fingerprint density at radius 2 is 2.00 bits per heavy atom. The van der Waals surface area contributed by atoms with Gasteiger partial charge in [0.05, 0.1) is 5.69 Å². The number of nitrogens with zero attached hydrogens (tertiary/aromatic N) is 1. The molecule has 0 saturated heterocycles. The molecule has 1 aromatic carbocycles. The first-order valence-electron chi connectivity index (χ1n) is 6.55. The van der Waals surface area contributed by atoms with Crippen LogP contribution in [0.4, 0.5) is 0 Å². The summed E-state index contributed by atoms with van der Waals surface area (Å²) in [5, 5.41) is 9.96. The topological polar surface area (TPSA) is 57.8 Å². The number of hydrogen-bond acceptors (Lipinski definition) is 2. The highest BCUT2D eigenvalue weighted by molar-refractivity contribution is 9.10. The minimum Gasteiger partial charge on any atom is -0.346 e. The number of halogens is 1. The van der Waals surface area contributed by atoms with E-state index in [1.165, 1.54) is 0 Å². The minimum absolute atomic E-state index is 0.132. The third-order valence-electron chi connectivity index (χ3n) is 3.30. The van der Waals surface area contributed by atoms with Crippen LogP contribution < -0.4 is 5.32 Å². The van der Waals surface area contributed by atoms with Crippen LogP contribution in [0.2, 0.25) is 0 Å². The van der Waals surface area contributed by atoms with Crippen molar-refractivity contribution in [2.24, 2.45) is 0 Å². The Balaban J connectivity index is 2.17. The van der Waals surface area contributed by atoms with Gasteiger partial charge in [-0.25, -0.2) is 0 Å². The zero-order valence-corrected chi connectivity index (χ0v) is 13.4. The summed E-state index contributed by atoms with van der Waals surface area (Å²) >= 11 is 3.40. The van der Waals surface area contributed by atoms with Gasteiger partial charge in [0.15, 0.2) is 0 Å². The number of carbonyl (C=O) groups is 1. The second-order valence-electron chi connectivity index (χ2n) is 5.37. The number of aromatic amines is 1. The Kier molecular flexibility index (Phi) is 4.28. The predicted molar refractivity (Wildman–Crippen MR) is 83.6 cm³/mol. The fraction of sp³-hybridized carbons (Fsp3) is 0.333. The number of amides is 1. The zero-order valence-electron chi connectivity index (χ0n) is 11.8. The third-order valence-corrected chi connectivity index (χ3v) is 3.83. The van der Waals surface area contributed by atoms with Crippen molar-refractivity contribution in [1.82, 2.24) is 15.5 Å². The summed E-state index contributed by atoms with van der Waals surface area (Å²) < 4.78 is 1.01. The van der Waals surface area contributed by atoms with Gasteiger partial charge in [-0.05, 0) is 38.5 Å². The van der Waals surface area contributed by atoms with Gasteiger partial charge >= 0.3 is 0 Å². The second kappa shape index (κ2) is 5.79. The molecule has 1 heterocycles. The molecule has 2 rings (SSSR count). The predicted octanol–water partition coefficient (Wildman–Crippen LogP) is 3.76. The summed E-state index contributed by atoms with van der Waals surface area (Å²) in [4.78, 5) is 12.1. The molecule has 1 amide bonds. The van der Waals surface area contributed by atoms with Crippen LogP contribution in [-0.2, 0) is 0 Å². The molecule has 0 aliphatic heterocycles. The number of benzene rings is 1. The van der Waals surface area contributed by atoms with Crippen LogP contribution in [0.15, 0.2) is 34.8 Å². The molecule has 0 aliphatic carbocycles. The lowest BCUT2D eigenvalue weighted by atomic mass is 10.0. The fourth-order valence-electron chi connectivity index (χ4n) is 1.67. The van der Waals surface area contributed by atoms with Gasteiger partial charge in [0, 0.05) is 15.6 Å². The number of nitrogens with one attached hydrogen (secondary N) is 2. The Morgan fingerprint density at radius 1 is 1.35 bits per heavy atom. The molecule has 0 atom stereocenters. The molecule has 2 aromatic rings. The largest absolute Gasteiger partial charge is 0.346 e. The molecular weight excluding hydrogens is 318 g/mol. The summed E-state index contributed by atoms with van der Waals surface area (Å²) in [5.41, 5.74) is 1.99. The van der Waals surface area contributed by atoms with Crippen molar-refractivity contribution in [2.45, 2.75) is 32.7 Å². The van der Waals surface area contributed by atoms with Gasteiger partial charge in [-0.3, -0.25) is 9.89 Å². The molecule has 0 fully saturated rings. The number of rotatable bonds is 4. The van der Waals surface area contributed by atoms with E-state index in [-0.39, 0.29) is 11.4 Å². The lowest BCUT2D eigenvalue weighted by Crippen LogP contribution is -2.42. The number of aromatic nitrogens is 2. The van der Waals surface area contributed by atoms with Crippen molar-refractivity contribution < 1.29 is 4.79 Å². The molecule has 106 valence electrons. The van der Waals surface area contributed by atoms with E-state index in [2.05, 4.69) is 31.4 Å². The molecule has 0 bridgehead atoms. The molecule has 0 aliphatic rings. The maximum absolute atomic E-state index is 12.1. The van der Waals surface area contributed by atoms with E-state index in [0.717, 1.165) is 22.2 Å². The maximum Gasteiger partial charge on any atom is 0.269 e. The summed E-state index contributed by atoms with van der Waals surface area (Å²) in [6, 6.07) is 9.58. The van der Waals surface area contributed by atoms with Crippen LogP contribution in [0, 0.1) is 0 Å². The second-order valence-corrected chi connectivity index (χ2v) is 6.28. The van der Waals surface area contributed by atoms with Crippen LogP contribution in [0.5, 0.6) is 0 Å². The van der Waals surface area contributed by atoms with Gasteiger partial charge < -0.3 is 5.32 Å². The van der Waals surface area contributed by atoms with Crippen molar-refractivity contribution in [3.05, 3.63) is 40.5 Å². The number of hydrogen-bond donors (Lipinski definition) is 2. The molecule has 0 saturated carbocycles. The first kappa shape index (κ1) is 14.8. The Morgan fingerprint density at radius 3 is 2.60 bits per heavy atom. The first-order valence-corrected chi connectivity index (χ1v) is 7.34. The molecule has 5 heteroatoms. The lowest BCUT2D eigenvalue weighted by Gasteiger charge is -2.23. The molecule has 0 unspecified atom stereocenters. The monoisotopic (exact) mass is 335 g/mol. The quantitative estimate of drug-likeness (QED) is 0.893. The number of H-pyrrole nitrogens is 1. The van der Waals surface area contributed by atoms with E-state index in [4.69, 9.17) is 0 Å². The third kappa shape index (κ3) is 3.48. The first-order chi connectivity index (χ1) is 9.41. The Hall–Kier alpha value is -1.62. The standard InChI is InChI=1S/C15H18BrN3O/c1-4-15(2,3)17-14(20)13-9-12(18-19-13)10-5-7-11(16)8-6-10/h5-9H,4H2,1-3H3,(H,17,20)(H,18,19). The van der Waals surface area contributed by atoms with E-state index in [0.29, 0.717) is 5.69 Å². The lowest BCUT2D eigenvalue weighted by molar-refractivity contribution is 0.0906. The molecule has 20 heavy (non-hydrogen) atoms. The van der Waals surface area contributed by atoms with Crippen molar-refractivity contribution >= 4 is 21.8 Å². The maximum atomic E-state index is 12.1. The highest BCUT2D eigenvalue weighted by Gasteiger charge is 2.20. The van der Waals surface area contributed by atoms with Gasteiger partial charge in [-0.1, -0.05) is 35.0 Å². The minimum atomic E-state index is -0.222. The SMILES string of the molecule is CCC(C)(C)NC(=O)c1cc(-c2ccc(Br)cc2)n[nH]1. The summed E-state index contributed by atoms with van der Waals surface area (Å²) in [7, 11) is 0.